The predicted molar refractivity (Wildman–Crippen MR) is 131 cm³/mol. The Labute approximate surface area is 204 Å². The number of aryl methyl sites for hydroxylation is 1. The number of nitrogens with one attached hydrogen (secondary N) is 1. The number of nitrogens with zero attached hydrogens (tertiary/aromatic N) is 2. The number of aliphatic hydroxyl groups is 1. The van der Waals surface area contributed by atoms with E-state index in [2.05, 4.69) is 15.3 Å². The van der Waals surface area contributed by atoms with Crippen molar-refractivity contribution in [3.05, 3.63) is 64.7 Å². The third-order valence-corrected chi connectivity index (χ3v) is 6.13. The fourth-order valence-corrected chi connectivity index (χ4v) is 4.38. The van der Waals surface area contributed by atoms with Gasteiger partial charge in [-0.1, -0.05) is 22.9 Å². The van der Waals surface area contributed by atoms with Crippen LogP contribution < -0.4 is 14.8 Å². The number of carbonyl (C=O) groups is 1. The highest BCUT2D eigenvalue weighted by atomic mass is 35.5. The molecule has 10 heteroatoms. The van der Waals surface area contributed by atoms with Crippen LogP contribution in [0.5, 0.6) is 11.5 Å². The number of rotatable bonds is 7. The number of amides is 1. The van der Waals surface area contributed by atoms with E-state index in [4.69, 9.17) is 21.1 Å². The molecule has 0 fully saturated rings. The summed E-state index contributed by atoms with van der Waals surface area (Å²) in [5, 5.41) is 12.4. The molecule has 4 rings (SSSR count). The van der Waals surface area contributed by atoms with E-state index in [0.717, 1.165) is 4.70 Å². The fourth-order valence-electron chi connectivity index (χ4n) is 3.33. The normalized spacial score (nSPS) is 11.9. The molecule has 0 spiro atoms. The van der Waals surface area contributed by atoms with Gasteiger partial charge in [-0.05, 0) is 50.2 Å². The van der Waals surface area contributed by atoms with E-state index in [1.165, 1.54) is 30.7 Å². The van der Waals surface area contributed by atoms with Crippen LogP contribution in [0, 0.1) is 12.7 Å². The van der Waals surface area contributed by atoms with Gasteiger partial charge in [0.15, 0.2) is 10.9 Å². The van der Waals surface area contributed by atoms with E-state index in [-0.39, 0.29) is 28.5 Å². The molecular formula is C24H21ClFN3O4S. The van der Waals surface area contributed by atoms with Crippen LogP contribution in [0.3, 0.4) is 0 Å². The number of pyridine rings is 1. The van der Waals surface area contributed by atoms with Crippen LogP contribution in [-0.2, 0) is 0 Å². The molecule has 176 valence electrons. The highest BCUT2D eigenvalue weighted by Crippen LogP contribution is 2.38. The Hall–Kier alpha value is -3.27. The van der Waals surface area contributed by atoms with Crippen LogP contribution in [0.1, 0.15) is 23.0 Å². The van der Waals surface area contributed by atoms with Crippen molar-refractivity contribution in [2.75, 3.05) is 19.0 Å². The molecule has 0 radical (unpaired) electrons. The molecule has 2 N–H and O–H groups in total. The summed E-state index contributed by atoms with van der Waals surface area (Å²) in [4.78, 5) is 21.9. The molecule has 4 aromatic rings. The molecule has 0 aliphatic rings. The molecule has 1 amide bonds. The first kappa shape index (κ1) is 23.9. The van der Waals surface area contributed by atoms with Crippen molar-refractivity contribution >= 4 is 44.2 Å². The Balaban J connectivity index is 1.68. The zero-order chi connectivity index (χ0) is 24.4. The molecule has 0 aliphatic heterocycles. The number of hydrogen-bond acceptors (Lipinski definition) is 7. The number of aromatic nitrogens is 2. The van der Waals surface area contributed by atoms with E-state index < -0.39 is 17.8 Å². The highest BCUT2D eigenvalue weighted by molar-refractivity contribution is 7.22. The molecule has 0 saturated heterocycles. The number of thiazole rings is 1. The zero-order valence-corrected chi connectivity index (χ0v) is 20.1. The summed E-state index contributed by atoms with van der Waals surface area (Å²) >= 11 is 7.27. The van der Waals surface area contributed by atoms with Gasteiger partial charge in [-0.25, -0.2) is 9.37 Å². The minimum absolute atomic E-state index is 0.0786. The number of hydrogen-bond donors (Lipinski definition) is 2. The van der Waals surface area contributed by atoms with Gasteiger partial charge in [0.2, 0.25) is 0 Å². The predicted octanol–water partition coefficient (Wildman–Crippen LogP) is 5.48. The van der Waals surface area contributed by atoms with Crippen molar-refractivity contribution in [3.8, 4) is 22.6 Å². The van der Waals surface area contributed by atoms with Crippen molar-refractivity contribution in [1.82, 2.24) is 9.97 Å². The van der Waals surface area contributed by atoms with E-state index >= 15 is 4.39 Å². The largest absolute Gasteiger partial charge is 0.496 e. The van der Waals surface area contributed by atoms with E-state index in [0.29, 0.717) is 27.7 Å². The number of ether oxygens (including phenoxy) is 2. The van der Waals surface area contributed by atoms with Gasteiger partial charge in [0.1, 0.15) is 18.1 Å². The summed E-state index contributed by atoms with van der Waals surface area (Å²) in [7, 11) is 1.42. The van der Waals surface area contributed by atoms with Crippen LogP contribution in [0.2, 0.25) is 5.02 Å². The van der Waals surface area contributed by atoms with Gasteiger partial charge in [-0.3, -0.25) is 15.1 Å². The number of anilines is 1. The van der Waals surface area contributed by atoms with Gasteiger partial charge < -0.3 is 14.6 Å². The number of halogens is 2. The molecule has 2 heterocycles. The Kier molecular flexibility index (Phi) is 6.97. The van der Waals surface area contributed by atoms with Gasteiger partial charge in [0, 0.05) is 17.5 Å². The van der Waals surface area contributed by atoms with Crippen molar-refractivity contribution in [1.29, 1.82) is 0 Å². The standard InChI is InChI=1S/C24H21ClFN3O4S/c1-12-8-15(21-19(32-3)7-5-17(25)22(21)26)16(10-27-12)23(31)29-24-28-18-6-4-14(9-20(18)34-24)33-11-13(2)30/h4-10,13,30H,11H2,1-3H3,(H,28,29,31)/t13-/m0/s1. The second-order valence-electron chi connectivity index (χ2n) is 7.57. The number of benzene rings is 2. The quantitative estimate of drug-likeness (QED) is 0.348. The first-order valence-corrected chi connectivity index (χ1v) is 11.5. The third-order valence-electron chi connectivity index (χ3n) is 4.90. The molecule has 0 bridgehead atoms. The second-order valence-corrected chi connectivity index (χ2v) is 9.01. The first-order valence-electron chi connectivity index (χ1n) is 10.3. The van der Waals surface area contributed by atoms with Gasteiger partial charge in [-0.2, -0.15) is 0 Å². The SMILES string of the molecule is COc1ccc(Cl)c(F)c1-c1cc(C)ncc1C(=O)Nc1nc2ccc(OC[C@H](C)O)cc2s1. The van der Waals surface area contributed by atoms with Crippen LogP contribution >= 0.6 is 22.9 Å². The Bertz CT molecular complexity index is 1380. The zero-order valence-electron chi connectivity index (χ0n) is 18.6. The third kappa shape index (κ3) is 4.96. The number of carbonyl (C=O) groups excluding carboxylic acids is 1. The summed E-state index contributed by atoms with van der Waals surface area (Å²) in [5.41, 5.74) is 1.80. The molecule has 0 saturated carbocycles. The Morgan fingerprint density at radius 3 is 2.82 bits per heavy atom. The van der Waals surface area contributed by atoms with Crippen molar-refractivity contribution < 1.29 is 23.8 Å². The molecular weight excluding hydrogens is 481 g/mol. The van der Waals surface area contributed by atoms with Crippen LogP contribution in [0.4, 0.5) is 9.52 Å². The Morgan fingerprint density at radius 1 is 1.29 bits per heavy atom. The molecule has 0 unspecified atom stereocenters. The maximum absolute atomic E-state index is 15.0. The first-order chi connectivity index (χ1) is 16.3. The summed E-state index contributed by atoms with van der Waals surface area (Å²) in [5.74, 6) is -0.367. The van der Waals surface area contributed by atoms with E-state index in [1.54, 1.807) is 44.2 Å². The lowest BCUT2D eigenvalue weighted by molar-refractivity contribution is 0.102. The van der Waals surface area contributed by atoms with Crippen molar-refractivity contribution in [2.45, 2.75) is 20.0 Å². The number of fused-ring (bicyclic) bond motifs is 1. The molecule has 7 nitrogen and oxygen atoms in total. The Morgan fingerprint density at radius 2 is 2.09 bits per heavy atom. The maximum Gasteiger partial charge on any atom is 0.259 e. The van der Waals surface area contributed by atoms with E-state index in [9.17, 15) is 9.90 Å². The molecule has 2 aromatic carbocycles. The number of methoxy groups -OCH3 is 1. The smallest absolute Gasteiger partial charge is 0.259 e. The lowest BCUT2D eigenvalue weighted by Gasteiger charge is -2.14. The topological polar surface area (TPSA) is 93.6 Å². The van der Waals surface area contributed by atoms with Crippen LogP contribution in [-0.4, -0.2) is 40.8 Å². The van der Waals surface area contributed by atoms with Gasteiger partial charge in [0.25, 0.3) is 5.91 Å². The summed E-state index contributed by atoms with van der Waals surface area (Å²) in [6.45, 7) is 3.55. The molecule has 1 atom stereocenters. The molecule has 0 aliphatic carbocycles. The molecule has 2 aromatic heterocycles. The summed E-state index contributed by atoms with van der Waals surface area (Å²) in [6, 6.07) is 9.85. The highest BCUT2D eigenvalue weighted by Gasteiger charge is 2.23. The minimum atomic E-state index is -0.689. The average Bonchev–Trinajstić information content (AvgIpc) is 3.20. The fraction of sp³-hybridized carbons (Fsp3) is 0.208. The van der Waals surface area contributed by atoms with Gasteiger partial charge >= 0.3 is 0 Å². The van der Waals surface area contributed by atoms with Crippen molar-refractivity contribution in [3.63, 3.8) is 0 Å². The summed E-state index contributed by atoms with van der Waals surface area (Å²) < 4.78 is 26.7. The average molecular weight is 502 g/mol. The maximum atomic E-state index is 15.0. The summed E-state index contributed by atoms with van der Waals surface area (Å²) in [6.07, 6.45) is 0.794. The second kappa shape index (κ2) is 9.92. The number of aliphatic hydroxyl groups excluding tert-OH is 1. The van der Waals surface area contributed by atoms with Gasteiger partial charge in [-0.15, -0.1) is 0 Å². The monoisotopic (exact) mass is 501 g/mol. The van der Waals surface area contributed by atoms with Crippen LogP contribution in [0.15, 0.2) is 42.6 Å². The minimum Gasteiger partial charge on any atom is -0.496 e. The van der Waals surface area contributed by atoms with Crippen LogP contribution in [0.25, 0.3) is 21.3 Å². The van der Waals surface area contributed by atoms with Gasteiger partial charge in [0.05, 0.1) is 39.6 Å². The lowest BCUT2D eigenvalue weighted by Crippen LogP contribution is -2.14. The van der Waals surface area contributed by atoms with Crippen molar-refractivity contribution in [2.24, 2.45) is 0 Å². The lowest BCUT2D eigenvalue weighted by atomic mass is 9.98. The molecule has 34 heavy (non-hydrogen) atoms. The van der Waals surface area contributed by atoms with E-state index in [1.807, 2.05) is 0 Å².